The smallest absolute Gasteiger partial charge is 0.141 e. The normalized spacial score (nSPS) is 12.3. The van der Waals surface area contributed by atoms with Crippen molar-refractivity contribution in [1.29, 1.82) is 0 Å². The molecule has 0 bridgehead atoms. The summed E-state index contributed by atoms with van der Waals surface area (Å²) >= 11 is 7.24. The Balaban J connectivity index is 3.03. The maximum absolute atomic E-state index is 5.46. The molecule has 1 aromatic rings. The summed E-state index contributed by atoms with van der Waals surface area (Å²) < 4.78 is 11.6. The molecule has 0 aliphatic rings. The third-order valence-corrected chi connectivity index (χ3v) is 4.37. The number of methoxy groups -OCH3 is 2. The van der Waals surface area contributed by atoms with Crippen LogP contribution in [0.3, 0.4) is 0 Å². The Labute approximate surface area is 120 Å². The molecule has 0 saturated heterocycles. The Morgan fingerprint density at radius 1 is 1.24 bits per heavy atom. The lowest BCUT2D eigenvalue weighted by Crippen LogP contribution is -1.98. The van der Waals surface area contributed by atoms with Crippen molar-refractivity contribution in [3.63, 3.8) is 0 Å². The van der Waals surface area contributed by atoms with E-state index in [1.807, 2.05) is 6.07 Å². The Kier molecular flexibility index (Phi) is 6.34. The quantitative estimate of drug-likeness (QED) is 0.653. The van der Waals surface area contributed by atoms with Crippen LogP contribution >= 0.6 is 31.9 Å². The van der Waals surface area contributed by atoms with Crippen molar-refractivity contribution in [2.75, 3.05) is 14.2 Å². The first-order valence-electron chi connectivity index (χ1n) is 5.70. The highest BCUT2D eigenvalue weighted by Crippen LogP contribution is 2.43. The fourth-order valence-corrected chi connectivity index (χ4v) is 3.07. The van der Waals surface area contributed by atoms with Gasteiger partial charge in [-0.25, -0.2) is 0 Å². The van der Waals surface area contributed by atoms with Gasteiger partial charge in [0.2, 0.25) is 0 Å². The maximum atomic E-state index is 5.46. The molecule has 96 valence electrons. The van der Waals surface area contributed by atoms with Gasteiger partial charge in [-0.05, 0) is 28.4 Å². The zero-order valence-electron chi connectivity index (χ0n) is 10.4. The molecule has 17 heavy (non-hydrogen) atoms. The minimum Gasteiger partial charge on any atom is -0.495 e. The minimum absolute atomic E-state index is 0.319. The van der Waals surface area contributed by atoms with E-state index < -0.39 is 0 Å². The van der Waals surface area contributed by atoms with E-state index in [1.54, 1.807) is 14.2 Å². The highest BCUT2D eigenvalue weighted by Gasteiger charge is 2.17. The summed E-state index contributed by atoms with van der Waals surface area (Å²) in [6, 6.07) is 4.01. The Hall–Kier alpha value is -0.220. The second-order valence-electron chi connectivity index (χ2n) is 3.81. The van der Waals surface area contributed by atoms with Crippen molar-refractivity contribution in [2.45, 2.75) is 31.0 Å². The SMILES string of the molecule is CCCCC(Br)c1ccc(OC)c(Br)c1OC. The van der Waals surface area contributed by atoms with Gasteiger partial charge in [0.15, 0.2) is 0 Å². The van der Waals surface area contributed by atoms with Crippen LogP contribution in [0.25, 0.3) is 0 Å². The molecule has 0 fully saturated rings. The summed E-state index contributed by atoms with van der Waals surface area (Å²) in [6.45, 7) is 2.20. The summed E-state index contributed by atoms with van der Waals surface area (Å²) in [5.74, 6) is 1.64. The van der Waals surface area contributed by atoms with Crippen LogP contribution in [0.4, 0.5) is 0 Å². The van der Waals surface area contributed by atoms with Gasteiger partial charge in [0.25, 0.3) is 0 Å². The summed E-state index contributed by atoms with van der Waals surface area (Å²) in [5, 5.41) is 0. The van der Waals surface area contributed by atoms with Gasteiger partial charge >= 0.3 is 0 Å². The van der Waals surface area contributed by atoms with Gasteiger partial charge in [-0.15, -0.1) is 0 Å². The van der Waals surface area contributed by atoms with Crippen molar-refractivity contribution in [3.8, 4) is 11.5 Å². The second-order valence-corrected chi connectivity index (χ2v) is 5.71. The molecule has 2 nitrogen and oxygen atoms in total. The third kappa shape index (κ3) is 3.62. The van der Waals surface area contributed by atoms with Crippen LogP contribution in [0.2, 0.25) is 0 Å². The highest BCUT2D eigenvalue weighted by molar-refractivity contribution is 9.10. The maximum Gasteiger partial charge on any atom is 0.141 e. The third-order valence-electron chi connectivity index (χ3n) is 2.66. The molecule has 0 aromatic heterocycles. The number of hydrogen-bond donors (Lipinski definition) is 0. The van der Waals surface area contributed by atoms with E-state index in [0.717, 1.165) is 28.0 Å². The van der Waals surface area contributed by atoms with E-state index in [9.17, 15) is 0 Å². The van der Waals surface area contributed by atoms with E-state index in [2.05, 4.69) is 44.8 Å². The molecule has 1 atom stereocenters. The standard InChI is InChI=1S/C13H18Br2O2/c1-4-5-6-10(14)9-7-8-11(16-2)12(15)13(9)17-3/h7-8,10H,4-6H2,1-3H3. The van der Waals surface area contributed by atoms with Gasteiger partial charge in [0, 0.05) is 10.4 Å². The Morgan fingerprint density at radius 3 is 2.47 bits per heavy atom. The van der Waals surface area contributed by atoms with Crippen molar-refractivity contribution in [3.05, 3.63) is 22.2 Å². The molecule has 0 radical (unpaired) electrons. The Bertz CT molecular complexity index is 367. The predicted octanol–water partition coefficient (Wildman–Crippen LogP) is 5.09. The first-order valence-corrected chi connectivity index (χ1v) is 7.41. The average molecular weight is 366 g/mol. The van der Waals surface area contributed by atoms with Crippen molar-refractivity contribution in [1.82, 2.24) is 0 Å². The molecule has 0 saturated carbocycles. The molecule has 1 rings (SSSR count). The van der Waals surface area contributed by atoms with Gasteiger partial charge in [0.05, 0.1) is 14.2 Å². The number of benzene rings is 1. The predicted molar refractivity (Wildman–Crippen MR) is 78.4 cm³/mol. The summed E-state index contributed by atoms with van der Waals surface area (Å²) in [6.07, 6.45) is 3.50. The molecule has 4 heteroatoms. The molecule has 0 amide bonds. The van der Waals surface area contributed by atoms with E-state index in [4.69, 9.17) is 9.47 Å². The molecule has 0 spiro atoms. The highest BCUT2D eigenvalue weighted by atomic mass is 79.9. The number of alkyl halides is 1. The van der Waals surface area contributed by atoms with Crippen LogP contribution in [-0.2, 0) is 0 Å². The number of hydrogen-bond acceptors (Lipinski definition) is 2. The number of rotatable bonds is 6. The molecule has 0 heterocycles. The summed E-state index contributed by atoms with van der Waals surface area (Å²) in [4.78, 5) is 0.319. The lowest BCUT2D eigenvalue weighted by Gasteiger charge is -2.17. The summed E-state index contributed by atoms with van der Waals surface area (Å²) in [5.41, 5.74) is 1.16. The fourth-order valence-electron chi connectivity index (χ4n) is 1.70. The Morgan fingerprint density at radius 2 is 1.94 bits per heavy atom. The van der Waals surface area contributed by atoms with E-state index in [1.165, 1.54) is 12.8 Å². The molecular formula is C13H18Br2O2. The summed E-state index contributed by atoms with van der Waals surface area (Å²) in [7, 11) is 3.34. The molecule has 1 unspecified atom stereocenters. The van der Waals surface area contributed by atoms with Crippen molar-refractivity contribution >= 4 is 31.9 Å². The van der Waals surface area contributed by atoms with Crippen LogP contribution in [-0.4, -0.2) is 14.2 Å². The lowest BCUT2D eigenvalue weighted by atomic mass is 10.1. The van der Waals surface area contributed by atoms with Crippen LogP contribution in [0, 0.1) is 0 Å². The largest absolute Gasteiger partial charge is 0.495 e. The fraction of sp³-hybridized carbons (Fsp3) is 0.538. The molecule has 1 aromatic carbocycles. The number of ether oxygens (including phenoxy) is 2. The second kappa shape index (κ2) is 7.27. The van der Waals surface area contributed by atoms with E-state index in [-0.39, 0.29) is 0 Å². The van der Waals surface area contributed by atoms with Crippen LogP contribution in [0.5, 0.6) is 11.5 Å². The van der Waals surface area contributed by atoms with Crippen LogP contribution in [0.1, 0.15) is 36.6 Å². The van der Waals surface area contributed by atoms with Gasteiger partial charge in [-0.3, -0.25) is 0 Å². The van der Waals surface area contributed by atoms with Gasteiger partial charge in [-0.2, -0.15) is 0 Å². The average Bonchev–Trinajstić information content (AvgIpc) is 2.35. The zero-order chi connectivity index (χ0) is 12.8. The van der Waals surface area contributed by atoms with Gasteiger partial charge < -0.3 is 9.47 Å². The number of unbranched alkanes of at least 4 members (excludes halogenated alkanes) is 1. The van der Waals surface area contributed by atoms with Gasteiger partial charge in [-0.1, -0.05) is 41.8 Å². The van der Waals surface area contributed by atoms with Gasteiger partial charge in [0.1, 0.15) is 16.0 Å². The van der Waals surface area contributed by atoms with Crippen LogP contribution < -0.4 is 9.47 Å². The monoisotopic (exact) mass is 364 g/mol. The minimum atomic E-state index is 0.319. The first kappa shape index (κ1) is 14.8. The molecule has 0 aliphatic carbocycles. The topological polar surface area (TPSA) is 18.5 Å². The van der Waals surface area contributed by atoms with E-state index >= 15 is 0 Å². The molecular weight excluding hydrogens is 348 g/mol. The van der Waals surface area contributed by atoms with Crippen LogP contribution in [0.15, 0.2) is 16.6 Å². The van der Waals surface area contributed by atoms with E-state index in [0.29, 0.717) is 4.83 Å². The number of halogens is 2. The molecule has 0 N–H and O–H groups in total. The van der Waals surface area contributed by atoms with Crippen molar-refractivity contribution < 1.29 is 9.47 Å². The first-order chi connectivity index (χ1) is 8.15. The van der Waals surface area contributed by atoms with Crippen molar-refractivity contribution in [2.24, 2.45) is 0 Å². The molecule has 0 aliphatic heterocycles. The zero-order valence-corrected chi connectivity index (χ0v) is 13.6. The lowest BCUT2D eigenvalue weighted by molar-refractivity contribution is 0.385.